The molecule has 21 heavy (non-hydrogen) atoms. The normalized spacial score (nSPS) is 19.2. The molecule has 1 fully saturated rings. The molecule has 5 heteroatoms. The minimum absolute atomic E-state index is 0.193. The number of likely N-dealkylation sites (tertiary alicyclic amines) is 1. The van der Waals surface area contributed by atoms with Crippen molar-refractivity contribution in [3.05, 3.63) is 29.8 Å². The van der Waals surface area contributed by atoms with Gasteiger partial charge in [-0.25, -0.2) is 9.37 Å². The Morgan fingerprint density at radius 3 is 2.67 bits per heavy atom. The molecule has 3 nitrogen and oxygen atoms in total. The predicted molar refractivity (Wildman–Crippen MR) is 84.3 cm³/mol. The van der Waals surface area contributed by atoms with Crippen LogP contribution in [0.2, 0.25) is 0 Å². The highest BCUT2D eigenvalue weighted by atomic mass is 35.5. The lowest BCUT2D eigenvalue weighted by Crippen LogP contribution is -2.28. The van der Waals surface area contributed by atoms with E-state index in [0.29, 0.717) is 5.52 Å². The van der Waals surface area contributed by atoms with Crippen molar-refractivity contribution in [1.82, 2.24) is 14.5 Å². The van der Waals surface area contributed by atoms with Gasteiger partial charge in [-0.3, -0.25) is 0 Å². The van der Waals surface area contributed by atoms with Crippen molar-refractivity contribution in [3.63, 3.8) is 0 Å². The molecule has 0 N–H and O–H groups in total. The minimum Gasteiger partial charge on any atom is -0.323 e. The standard InChI is InChI=1S/C16H21ClFN3/c1-11(10-20-7-3-4-8-20)21-15-6-5-13(18)9-14(15)19-16(21)12(2)17/h5-6,9,11-12H,3-4,7-8,10H2,1-2H3. The van der Waals surface area contributed by atoms with Crippen LogP contribution in [0, 0.1) is 5.82 Å². The van der Waals surface area contributed by atoms with Crippen LogP contribution in [0.3, 0.4) is 0 Å². The molecular weight excluding hydrogens is 289 g/mol. The highest BCUT2D eigenvalue weighted by molar-refractivity contribution is 6.20. The molecule has 3 rings (SSSR count). The summed E-state index contributed by atoms with van der Waals surface area (Å²) >= 11 is 6.29. The van der Waals surface area contributed by atoms with Crippen LogP contribution in [0.1, 0.15) is 43.9 Å². The number of imidazole rings is 1. The minimum atomic E-state index is -0.256. The van der Waals surface area contributed by atoms with Gasteiger partial charge in [-0.15, -0.1) is 11.6 Å². The number of fused-ring (bicyclic) bond motifs is 1. The average molecular weight is 310 g/mol. The molecule has 2 atom stereocenters. The Morgan fingerprint density at radius 1 is 1.29 bits per heavy atom. The summed E-state index contributed by atoms with van der Waals surface area (Å²) in [7, 11) is 0. The third-order valence-corrected chi connectivity index (χ3v) is 4.39. The highest BCUT2D eigenvalue weighted by Crippen LogP contribution is 2.29. The summed E-state index contributed by atoms with van der Waals surface area (Å²) in [5.41, 5.74) is 1.65. The highest BCUT2D eigenvalue weighted by Gasteiger charge is 2.22. The maximum atomic E-state index is 13.4. The molecule has 1 aliphatic heterocycles. The molecule has 0 bridgehead atoms. The van der Waals surface area contributed by atoms with E-state index in [-0.39, 0.29) is 17.2 Å². The molecular formula is C16H21ClFN3. The molecule has 0 spiro atoms. The molecule has 0 aliphatic carbocycles. The van der Waals surface area contributed by atoms with Crippen molar-refractivity contribution in [2.45, 2.75) is 38.1 Å². The van der Waals surface area contributed by atoms with E-state index in [4.69, 9.17) is 11.6 Å². The number of hydrogen-bond acceptors (Lipinski definition) is 2. The van der Waals surface area contributed by atoms with Gasteiger partial charge in [0, 0.05) is 18.7 Å². The van der Waals surface area contributed by atoms with Gasteiger partial charge in [0.1, 0.15) is 11.6 Å². The summed E-state index contributed by atoms with van der Waals surface area (Å²) in [6.07, 6.45) is 2.56. The summed E-state index contributed by atoms with van der Waals surface area (Å²) < 4.78 is 15.6. The van der Waals surface area contributed by atoms with Crippen molar-refractivity contribution in [2.24, 2.45) is 0 Å². The lowest BCUT2D eigenvalue weighted by atomic mass is 10.2. The summed E-state index contributed by atoms with van der Waals surface area (Å²) in [6.45, 7) is 7.41. The van der Waals surface area contributed by atoms with Gasteiger partial charge in [0.15, 0.2) is 0 Å². The number of benzene rings is 1. The Kier molecular flexibility index (Phi) is 4.18. The van der Waals surface area contributed by atoms with E-state index in [0.717, 1.165) is 31.0 Å². The fourth-order valence-electron chi connectivity index (χ4n) is 3.25. The van der Waals surface area contributed by atoms with Gasteiger partial charge >= 0.3 is 0 Å². The van der Waals surface area contributed by atoms with Crippen LogP contribution >= 0.6 is 11.6 Å². The Bertz CT molecular complexity index is 632. The lowest BCUT2D eigenvalue weighted by Gasteiger charge is -2.24. The second-order valence-electron chi connectivity index (χ2n) is 5.95. The number of aromatic nitrogens is 2. The first-order chi connectivity index (χ1) is 10.1. The van der Waals surface area contributed by atoms with E-state index < -0.39 is 0 Å². The van der Waals surface area contributed by atoms with Gasteiger partial charge in [0.05, 0.1) is 16.4 Å². The molecule has 1 aliphatic rings. The van der Waals surface area contributed by atoms with Crippen LogP contribution in [0.15, 0.2) is 18.2 Å². The maximum Gasteiger partial charge on any atom is 0.128 e. The number of rotatable bonds is 4. The van der Waals surface area contributed by atoms with Gasteiger partial charge < -0.3 is 9.47 Å². The summed E-state index contributed by atoms with van der Waals surface area (Å²) in [4.78, 5) is 7.02. The fraction of sp³-hybridized carbons (Fsp3) is 0.562. The van der Waals surface area contributed by atoms with E-state index in [1.54, 1.807) is 6.07 Å². The molecule has 1 saturated heterocycles. The largest absolute Gasteiger partial charge is 0.323 e. The number of nitrogens with zero attached hydrogens (tertiary/aromatic N) is 3. The van der Waals surface area contributed by atoms with E-state index in [1.807, 2.05) is 6.92 Å². The van der Waals surface area contributed by atoms with Crippen LogP contribution < -0.4 is 0 Å². The fourth-order valence-corrected chi connectivity index (χ4v) is 3.41. The first kappa shape index (κ1) is 14.8. The molecule has 114 valence electrons. The lowest BCUT2D eigenvalue weighted by molar-refractivity contribution is 0.287. The number of halogens is 2. The quantitative estimate of drug-likeness (QED) is 0.792. The Balaban J connectivity index is 1.99. The smallest absolute Gasteiger partial charge is 0.128 e. The van der Waals surface area contributed by atoms with E-state index in [2.05, 4.69) is 21.4 Å². The zero-order valence-corrected chi connectivity index (χ0v) is 13.3. The molecule has 2 unspecified atom stereocenters. The zero-order chi connectivity index (χ0) is 15.0. The van der Waals surface area contributed by atoms with Gasteiger partial charge in [0.2, 0.25) is 0 Å². The third-order valence-electron chi connectivity index (χ3n) is 4.20. The van der Waals surface area contributed by atoms with Crippen LogP contribution in [0.5, 0.6) is 0 Å². The van der Waals surface area contributed by atoms with Crippen LogP contribution in [0.4, 0.5) is 4.39 Å². The van der Waals surface area contributed by atoms with Gasteiger partial charge in [0.25, 0.3) is 0 Å². The van der Waals surface area contributed by atoms with Crippen molar-refractivity contribution >= 4 is 22.6 Å². The Morgan fingerprint density at radius 2 is 2.00 bits per heavy atom. The summed E-state index contributed by atoms with van der Waals surface area (Å²) in [5, 5.41) is -0.193. The topological polar surface area (TPSA) is 21.1 Å². The first-order valence-electron chi connectivity index (χ1n) is 7.60. The summed E-state index contributed by atoms with van der Waals surface area (Å²) in [6, 6.07) is 5.05. The van der Waals surface area contributed by atoms with E-state index >= 15 is 0 Å². The second-order valence-corrected chi connectivity index (χ2v) is 6.60. The summed E-state index contributed by atoms with van der Waals surface area (Å²) in [5.74, 6) is 0.567. The van der Waals surface area contributed by atoms with Crippen molar-refractivity contribution in [2.75, 3.05) is 19.6 Å². The van der Waals surface area contributed by atoms with Crippen molar-refractivity contribution in [3.8, 4) is 0 Å². The molecule has 0 radical (unpaired) electrons. The number of alkyl halides is 1. The van der Waals surface area contributed by atoms with Crippen LogP contribution in [-0.4, -0.2) is 34.1 Å². The van der Waals surface area contributed by atoms with Crippen molar-refractivity contribution in [1.29, 1.82) is 0 Å². The Labute approximate surface area is 129 Å². The van der Waals surface area contributed by atoms with Gasteiger partial charge in [-0.2, -0.15) is 0 Å². The number of hydrogen-bond donors (Lipinski definition) is 0. The van der Waals surface area contributed by atoms with Crippen molar-refractivity contribution < 1.29 is 4.39 Å². The molecule has 2 aromatic rings. The Hall–Kier alpha value is -1.13. The monoisotopic (exact) mass is 309 g/mol. The molecule has 0 amide bonds. The SMILES string of the molecule is CC(Cl)c1nc2cc(F)ccc2n1C(C)CN1CCCC1. The van der Waals surface area contributed by atoms with E-state index in [9.17, 15) is 4.39 Å². The molecule has 1 aromatic carbocycles. The predicted octanol–water partition coefficient (Wildman–Crippen LogP) is 4.13. The van der Waals surface area contributed by atoms with Gasteiger partial charge in [-0.05, 0) is 51.9 Å². The molecule has 2 heterocycles. The van der Waals surface area contributed by atoms with Crippen LogP contribution in [-0.2, 0) is 0 Å². The average Bonchev–Trinajstić information content (AvgIpc) is 3.04. The second kappa shape index (κ2) is 5.93. The zero-order valence-electron chi connectivity index (χ0n) is 12.5. The van der Waals surface area contributed by atoms with Gasteiger partial charge in [-0.1, -0.05) is 0 Å². The van der Waals surface area contributed by atoms with E-state index in [1.165, 1.54) is 25.0 Å². The molecule has 0 saturated carbocycles. The maximum absolute atomic E-state index is 13.4. The van der Waals surface area contributed by atoms with Crippen LogP contribution in [0.25, 0.3) is 11.0 Å². The first-order valence-corrected chi connectivity index (χ1v) is 8.03. The molecule has 1 aromatic heterocycles. The third kappa shape index (κ3) is 2.92.